The Labute approximate surface area is 297 Å². The lowest BCUT2D eigenvalue weighted by Gasteiger charge is -2.26. The summed E-state index contributed by atoms with van der Waals surface area (Å²) in [7, 11) is 0. The van der Waals surface area contributed by atoms with Crippen molar-refractivity contribution in [2.45, 2.75) is 63.5 Å². The SMILES string of the molecule is CCOC(=O)C1=C(C)N=c2s/c(=C/c3cc(C)n(-c4ccc(Sc5ccc([N+](=O)[O-])cc5)cc4)c3C)c(=O)n2[C@@H]1c1ccccc1OC(C)C. The molecule has 2 aromatic heterocycles. The number of carbonyl (C=O) groups excluding carboxylic acids is 1. The Balaban J connectivity index is 1.38. The summed E-state index contributed by atoms with van der Waals surface area (Å²) in [5, 5.41) is 11.0. The molecule has 50 heavy (non-hydrogen) atoms. The lowest BCUT2D eigenvalue weighted by molar-refractivity contribution is -0.384. The summed E-state index contributed by atoms with van der Waals surface area (Å²) in [6, 6.07) is 23.3. The van der Waals surface area contributed by atoms with Crippen molar-refractivity contribution >= 4 is 40.8 Å². The third kappa shape index (κ3) is 6.81. The number of benzene rings is 3. The molecule has 0 radical (unpaired) electrons. The summed E-state index contributed by atoms with van der Waals surface area (Å²) < 4.78 is 15.8. The van der Waals surface area contributed by atoms with Gasteiger partial charge in [0.15, 0.2) is 4.80 Å². The van der Waals surface area contributed by atoms with Crippen molar-refractivity contribution in [2.75, 3.05) is 6.61 Å². The fourth-order valence-corrected chi connectivity index (χ4v) is 7.91. The standard InChI is InChI=1S/C38H36N4O6S2/c1-7-47-37(44)34-24(5)39-38-41(35(34)31-10-8-9-11-32(31)48-22(2)3)36(43)33(50-38)21-26-20-23(4)40(25(26)6)27-12-16-29(17-13-27)49-30-18-14-28(15-19-30)42(45)46/h8-22,35H,7H2,1-6H3/b33-21+/t35-/m1/s1. The van der Waals surface area contributed by atoms with Crippen LogP contribution in [0.2, 0.25) is 0 Å². The van der Waals surface area contributed by atoms with Crippen LogP contribution in [-0.4, -0.2) is 32.7 Å². The molecular weight excluding hydrogens is 673 g/mol. The fraction of sp³-hybridized carbons (Fsp3) is 0.237. The van der Waals surface area contributed by atoms with Gasteiger partial charge in [-0.1, -0.05) is 41.3 Å². The third-order valence-electron chi connectivity index (χ3n) is 8.23. The van der Waals surface area contributed by atoms with E-state index < -0.39 is 16.9 Å². The average molecular weight is 709 g/mol. The topological polar surface area (TPSA) is 118 Å². The van der Waals surface area contributed by atoms with Crippen molar-refractivity contribution in [1.82, 2.24) is 9.13 Å². The highest BCUT2D eigenvalue weighted by atomic mass is 32.2. The van der Waals surface area contributed by atoms with Gasteiger partial charge in [-0.15, -0.1) is 0 Å². The molecular formula is C38H36N4O6S2. The number of rotatable bonds is 10. The predicted octanol–water partition coefficient (Wildman–Crippen LogP) is 7.05. The van der Waals surface area contributed by atoms with Crippen LogP contribution in [0.3, 0.4) is 0 Å². The summed E-state index contributed by atoms with van der Waals surface area (Å²) in [5.41, 5.74) is 5.09. The highest BCUT2D eigenvalue weighted by molar-refractivity contribution is 7.99. The Kier molecular flexibility index (Phi) is 9.94. The van der Waals surface area contributed by atoms with E-state index in [1.807, 2.05) is 88.4 Å². The highest BCUT2D eigenvalue weighted by Crippen LogP contribution is 2.36. The Morgan fingerprint density at radius 2 is 1.70 bits per heavy atom. The summed E-state index contributed by atoms with van der Waals surface area (Å²) in [6.07, 6.45) is 1.77. The van der Waals surface area contributed by atoms with Crippen LogP contribution in [0, 0.1) is 24.0 Å². The number of nitrogens with zero attached hydrogens (tertiary/aromatic N) is 4. The number of nitro groups is 1. The van der Waals surface area contributed by atoms with Gasteiger partial charge in [-0.05, 0) is 102 Å². The molecule has 0 spiro atoms. The molecule has 3 heterocycles. The van der Waals surface area contributed by atoms with Crippen LogP contribution in [0.5, 0.6) is 5.75 Å². The number of non-ortho nitro benzene ring substituents is 1. The summed E-state index contributed by atoms with van der Waals surface area (Å²) in [4.78, 5) is 45.4. The highest BCUT2D eigenvalue weighted by Gasteiger charge is 2.35. The van der Waals surface area contributed by atoms with Crippen LogP contribution < -0.4 is 19.6 Å². The minimum Gasteiger partial charge on any atom is -0.491 e. The number of aromatic nitrogens is 2. The van der Waals surface area contributed by atoms with E-state index in [4.69, 9.17) is 14.5 Å². The Bertz CT molecular complexity index is 2320. The number of allylic oxidation sites excluding steroid dienone is 1. The van der Waals surface area contributed by atoms with Crippen LogP contribution >= 0.6 is 23.1 Å². The van der Waals surface area contributed by atoms with Crippen LogP contribution in [-0.2, 0) is 9.53 Å². The summed E-state index contributed by atoms with van der Waals surface area (Å²) in [6.45, 7) is 11.6. The number of nitro benzene ring substituents is 1. The lowest BCUT2D eigenvalue weighted by atomic mass is 9.95. The van der Waals surface area contributed by atoms with Crippen molar-refractivity contribution in [3.05, 3.63) is 142 Å². The van der Waals surface area contributed by atoms with E-state index in [1.165, 1.54) is 35.2 Å². The molecule has 0 saturated carbocycles. The van der Waals surface area contributed by atoms with Crippen molar-refractivity contribution in [3.8, 4) is 11.4 Å². The van der Waals surface area contributed by atoms with Crippen LogP contribution in [0.25, 0.3) is 11.8 Å². The Morgan fingerprint density at radius 3 is 2.34 bits per heavy atom. The van der Waals surface area contributed by atoms with Crippen LogP contribution in [0.15, 0.2) is 110 Å². The zero-order valence-electron chi connectivity index (χ0n) is 28.5. The van der Waals surface area contributed by atoms with Gasteiger partial charge in [0.25, 0.3) is 11.2 Å². The molecule has 256 valence electrons. The second kappa shape index (κ2) is 14.3. The number of para-hydroxylation sites is 1. The molecule has 6 rings (SSSR count). The van der Waals surface area contributed by atoms with Gasteiger partial charge in [0.1, 0.15) is 11.8 Å². The van der Waals surface area contributed by atoms with Gasteiger partial charge < -0.3 is 14.0 Å². The summed E-state index contributed by atoms with van der Waals surface area (Å²) in [5.74, 6) is 0.0624. The normalized spacial score (nSPS) is 14.5. The maximum absolute atomic E-state index is 14.3. The van der Waals surface area contributed by atoms with Crippen molar-refractivity contribution in [3.63, 3.8) is 0 Å². The Morgan fingerprint density at radius 1 is 1.04 bits per heavy atom. The molecule has 1 aliphatic rings. The minimum atomic E-state index is -0.780. The van der Waals surface area contributed by atoms with Gasteiger partial charge in [0.2, 0.25) is 0 Å². The van der Waals surface area contributed by atoms with Crippen molar-refractivity contribution in [2.24, 2.45) is 4.99 Å². The number of esters is 1. The van der Waals surface area contributed by atoms with Gasteiger partial charge in [-0.3, -0.25) is 19.5 Å². The average Bonchev–Trinajstić information content (AvgIpc) is 3.54. The number of hydrogen-bond donors (Lipinski definition) is 0. The number of carbonyl (C=O) groups is 1. The van der Waals surface area contributed by atoms with Gasteiger partial charge in [-0.2, -0.15) is 0 Å². The number of hydrogen-bond acceptors (Lipinski definition) is 9. The molecule has 0 aliphatic carbocycles. The third-order valence-corrected chi connectivity index (χ3v) is 10.2. The zero-order chi connectivity index (χ0) is 35.7. The largest absolute Gasteiger partial charge is 0.491 e. The molecule has 3 aromatic carbocycles. The van der Waals surface area contributed by atoms with Gasteiger partial charge >= 0.3 is 5.97 Å². The molecule has 1 atom stereocenters. The first-order valence-electron chi connectivity index (χ1n) is 16.1. The monoisotopic (exact) mass is 708 g/mol. The van der Waals surface area contributed by atoms with Crippen molar-refractivity contribution < 1.29 is 19.2 Å². The number of fused-ring (bicyclic) bond motifs is 1. The van der Waals surface area contributed by atoms with E-state index in [-0.39, 0.29) is 24.0 Å². The second-order valence-electron chi connectivity index (χ2n) is 12.0. The molecule has 12 heteroatoms. The number of ether oxygens (including phenoxy) is 2. The maximum atomic E-state index is 14.3. The van der Waals surface area contributed by atoms with E-state index >= 15 is 0 Å². The zero-order valence-corrected chi connectivity index (χ0v) is 30.1. The summed E-state index contributed by atoms with van der Waals surface area (Å²) >= 11 is 2.81. The maximum Gasteiger partial charge on any atom is 0.338 e. The van der Waals surface area contributed by atoms with Crippen LogP contribution in [0.1, 0.15) is 56.3 Å². The predicted molar refractivity (Wildman–Crippen MR) is 195 cm³/mol. The quantitative estimate of drug-likeness (QED) is 0.0867. The van der Waals surface area contributed by atoms with E-state index in [0.717, 1.165) is 32.4 Å². The van der Waals surface area contributed by atoms with E-state index in [0.29, 0.717) is 31.9 Å². The molecule has 0 unspecified atom stereocenters. The Hall–Kier alpha value is -5.20. The number of thiazole rings is 1. The van der Waals surface area contributed by atoms with Gasteiger partial charge in [0.05, 0.1) is 33.4 Å². The first kappa shape index (κ1) is 34.7. The van der Waals surface area contributed by atoms with Gasteiger partial charge in [-0.25, -0.2) is 9.79 Å². The van der Waals surface area contributed by atoms with Crippen LogP contribution in [0.4, 0.5) is 5.69 Å². The first-order chi connectivity index (χ1) is 24.0. The van der Waals surface area contributed by atoms with E-state index in [9.17, 15) is 19.7 Å². The fourth-order valence-electron chi connectivity index (χ4n) is 6.06. The first-order valence-corrected chi connectivity index (χ1v) is 17.8. The molecule has 0 fully saturated rings. The minimum absolute atomic E-state index is 0.0604. The second-order valence-corrected chi connectivity index (χ2v) is 14.2. The molecule has 0 saturated heterocycles. The molecule has 5 aromatic rings. The number of aryl methyl sites for hydroxylation is 1. The lowest BCUT2D eigenvalue weighted by Crippen LogP contribution is -2.40. The molecule has 0 amide bonds. The smallest absolute Gasteiger partial charge is 0.338 e. The molecule has 10 nitrogen and oxygen atoms in total. The van der Waals surface area contributed by atoms with E-state index in [1.54, 1.807) is 30.5 Å². The van der Waals surface area contributed by atoms with Crippen molar-refractivity contribution in [1.29, 1.82) is 0 Å². The molecule has 0 bridgehead atoms. The molecule has 1 aliphatic heterocycles. The molecule has 0 N–H and O–H groups in total. The van der Waals surface area contributed by atoms with Gasteiger partial charge in [0, 0.05) is 44.6 Å². The van der Waals surface area contributed by atoms with E-state index in [2.05, 4.69) is 4.57 Å².